The average molecular weight is 377 g/mol. The fourth-order valence-electron chi connectivity index (χ4n) is 2.27. The molecule has 0 heterocycles. The van der Waals surface area contributed by atoms with Crippen LogP contribution in [0.5, 0.6) is 11.5 Å². The Morgan fingerprint density at radius 2 is 2.04 bits per heavy atom. The number of hydrogen-bond acceptors (Lipinski definition) is 5. The molecule has 0 saturated heterocycles. The van der Waals surface area contributed by atoms with Gasteiger partial charge in [-0.15, -0.1) is 0 Å². The minimum Gasteiger partial charge on any atom is -0.493 e. The Morgan fingerprint density at radius 3 is 2.73 bits per heavy atom. The van der Waals surface area contributed by atoms with Crippen molar-refractivity contribution in [2.24, 2.45) is 5.16 Å². The molecule has 1 amide bonds. The van der Waals surface area contributed by atoms with Gasteiger partial charge in [0.2, 0.25) is 0 Å². The number of nitrogens with one attached hydrogen (secondary N) is 1. The lowest BCUT2D eigenvalue weighted by Gasteiger charge is -2.09. The lowest BCUT2D eigenvalue weighted by atomic mass is 10.1. The molecule has 0 aliphatic carbocycles. The fraction of sp³-hybridized carbons (Fsp3) is 0.263. The monoisotopic (exact) mass is 376 g/mol. The molecule has 2 aromatic carbocycles. The second-order valence-electron chi connectivity index (χ2n) is 5.35. The van der Waals surface area contributed by atoms with E-state index in [1.165, 1.54) is 20.4 Å². The zero-order valence-electron chi connectivity index (χ0n) is 14.9. The van der Waals surface area contributed by atoms with Gasteiger partial charge in [0, 0.05) is 11.3 Å². The van der Waals surface area contributed by atoms with Gasteiger partial charge in [0.1, 0.15) is 0 Å². The first kappa shape index (κ1) is 19.6. The smallest absolute Gasteiger partial charge is 0.265 e. The van der Waals surface area contributed by atoms with Gasteiger partial charge in [-0.05, 0) is 36.2 Å². The summed E-state index contributed by atoms with van der Waals surface area (Å²) in [6.07, 6.45) is 2.34. The van der Waals surface area contributed by atoms with Crippen LogP contribution < -0.4 is 14.8 Å². The van der Waals surface area contributed by atoms with E-state index in [9.17, 15) is 4.79 Å². The van der Waals surface area contributed by atoms with E-state index in [0.717, 1.165) is 17.7 Å². The number of anilines is 1. The Kier molecular flexibility index (Phi) is 7.29. The number of methoxy groups -OCH3 is 2. The second kappa shape index (κ2) is 9.68. The minimum absolute atomic E-state index is 0.201. The summed E-state index contributed by atoms with van der Waals surface area (Å²) >= 11 is 6.12. The van der Waals surface area contributed by atoms with Crippen LogP contribution in [0.15, 0.2) is 41.6 Å². The molecule has 0 bridgehead atoms. The first-order valence-electron chi connectivity index (χ1n) is 8.03. The maximum absolute atomic E-state index is 11.9. The Labute approximate surface area is 157 Å². The first-order chi connectivity index (χ1) is 12.6. The standard InChI is InChI=1S/C19H21ClN2O4/c1-4-13-6-5-7-15(8-13)22-18(23)12-26-21-11-14-9-16(20)19(25-3)17(10-14)24-2/h5-11H,4,12H2,1-3H3,(H,22,23)/b21-11+. The number of benzene rings is 2. The van der Waals surface area contributed by atoms with Crippen molar-refractivity contribution in [2.75, 3.05) is 26.1 Å². The summed E-state index contributed by atoms with van der Waals surface area (Å²) in [4.78, 5) is 16.9. The summed E-state index contributed by atoms with van der Waals surface area (Å²) in [5, 5.41) is 6.94. The molecule has 0 aromatic heterocycles. The van der Waals surface area contributed by atoms with Crippen LogP contribution >= 0.6 is 11.6 Å². The van der Waals surface area contributed by atoms with Crippen LogP contribution in [0.3, 0.4) is 0 Å². The molecule has 0 spiro atoms. The quantitative estimate of drug-likeness (QED) is 0.560. The number of carbonyl (C=O) groups is 1. The van der Waals surface area contributed by atoms with Gasteiger partial charge in [-0.25, -0.2) is 0 Å². The zero-order valence-corrected chi connectivity index (χ0v) is 15.7. The molecule has 0 unspecified atom stereocenters. The van der Waals surface area contributed by atoms with Crippen molar-refractivity contribution in [1.82, 2.24) is 0 Å². The number of aryl methyl sites for hydroxylation is 1. The van der Waals surface area contributed by atoms with E-state index >= 15 is 0 Å². The topological polar surface area (TPSA) is 69.2 Å². The van der Waals surface area contributed by atoms with Crippen LogP contribution in [0, 0.1) is 0 Å². The summed E-state index contributed by atoms with van der Waals surface area (Å²) in [5.74, 6) is 0.636. The molecule has 2 aromatic rings. The number of halogens is 1. The van der Waals surface area contributed by atoms with Gasteiger partial charge in [0.15, 0.2) is 18.1 Å². The lowest BCUT2D eigenvalue weighted by Crippen LogP contribution is -2.17. The summed E-state index contributed by atoms with van der Waals surface area (Å²) in [5.41, 5.74) is 2.53. The Bertz CT molecular complexity index is 793. The van der Waals surface area contributed by atoms with E-state index in [0.29, 0.717) is 22.1 Å². The molecule has 26 heavy (non-hydrogen) atoms. The Morgan fingerprint density at radius 1 is 1.23 bits per heavy atom. The van der Waals surface area contributed by atoms with Crippen LogP contribution in [0.1, 0.15) is 18.1 Å². The molecule has 0 aliphatic heterocycles. The predicted molar refractivity (Wildman–Crippen MR) is 103 cm³/mol. The third-order valence-electron chi connectivity index (χ3n) is 3.55. The van der Waals surface area contributed by atoms with Crippen molar-refractivity contribution < 1.29 is 19.1 Å². The summed E-state index contributed by atoms with van der Waals surface area (Å²) in [6, 6.07) is 11.0. The van der Waals surface area contributed by atoms with Crippen LogP contribution in [0.2, 0.25) is 5.02 Å². The average Bonchev–Trinajstić information content (AvgIpc) is 2.64. The highest BCUT2D eigenvalue weighted by Gasteiger charge is 2.10. The molecular weight excluding hydrogens is 356 g/mol. The highest BCUT2D eigenvalue weighted by molar-refractivity contribution is 6.32. The number of rotatable bonds is 8. The number of oxime groups is 1. The molecule has 0 atom stereocenters. The van der Waals surface area contributed by atoms with Crippen molar-refractivity contribution in [3.8, 4) is 11.5 Å². The number of carbonyl (C=O) groups excluding carboxylic acids is 1. The van der Waals surface area contributed by atoms with E-state index in [1.807, 2.05) is 24.3 Å². The van der Waals surface area contributed by atoms with E-state index in [2.05, 4.69) is 17.4 Å². The summed E-state index contributed by atoms with van der Waals surface area (Å²) in [7, 11) is 3.03. The maximum atomic E-state index is 11.9. The molecule has 1 N–H and O–H groups in total. The van der Waals surface area contributed by atoms with Crippen LogP contribution in [0.25, 0.3) is 0 Å². The lowest BCUT2D eigenvalue weighted by molar-refractivity contribution is -0.120. The van der Waals surface area contributed by atoms with Gasteiger partial charge in [0.25, 0.3) is 5.91 Å². The van der Waals surface area contributed by atoms with E-state index < -0.39 is 0 Å². The van der Waals surface area contributed by atoms with Gasteiger partial charge in [0.05, 0.1) is 25.5 Å². The van der Waals surface area contributed by atoms with Gasteiger partial charge >= 0.3 is 0 Å². The summed E-state index contributed by atoms with van der Waals surface area (Å²) in [6.45, 7) is 1.85. The minimum atomic E-state index is -0.291. The zero-order chi connectivity index (χ0) is 18.9. The van der Waals surface area contributed by atoms with Crippen molar-refractivity contribution in [3.63, 3.8) is 0 Å². The molecule has 0 radical (unpaired) electrons. The van der Waals surface area contributed by atoms with Crippen LogP contribution in [-0.4, -0.2) is 32.9 Å². The number of hydrogen-bond donors (Lipinski definition) is 1. The Hall–Kier alpha value is -2.73. The molecule has 0 fully saturated rings. The third-order valence-corrected chi connectivity index (χ3v) is 3.83. The summed E-state index contributed by atoms with van der Waals surface area (Å²) < 4.78 is 10.4. The molecule has 7 heteroatoms. The fourth-order valence-corrected chi connectivity index (χ4v) is 2.57. The van der Waals surface area contributed by atoms with Gasteiger partial charge in [-0.1, -0.05) is 35.8 Å². The number of amides is 1. The molecule has 138 valence electrons. The van der Waals surface area contributed by atoms with Crippen LogP contribution in [0.4, 0.5) is 5.69 Å². The highest BCUT2D eigenvalue weighted by atomic mass is 35.5. The molecular formula is C19H21ClN2O4. The normalized spacial score (nSPS) is 10.6. The highest BCUT2D eigenvalue weighted by Crippen LogP contribution is 2.35. The Balaban J connectivity index is 1.90. The molecule has 0 saturated carbocycles. The van der Waals surface area contributed by atoms with Crippen molar-refractivity contribution in [2.45, 2.75) is 13.3 Å². The van der Waals surface area contributed by atoms with Crippen molar-refractivity contribution in [3.05, 3.63) is 52.5 Å². The SMILES string of the molecule is CCc1cccc(NC(=O)CO/N=C/c2cc(Cl)c(OC)c(OC)c2)c1. The largest absolute Gasteiger partial charge is 0.493 e. The maximum Gasteiger partial charge on any atom is 0.265 e. The van der Waals surface area contributed by atoms with Crippen LogP contribution in [-0.2, 0) is 16.1 Å². The molecule has 6 nitrogen and oxygen atoms in total. The third kappa shape index (κ3) is 5.39. The van der Waals surface area contributed by atoms with Gasteiger partial charge in [-0.3, -0.25) is 4.79 Å². The van der Waals surface area contributed by atoms with Crippen molar-refractivity contribution >= 4 is 29.4 Å². The number of ether oxygens (including phenoxy) is 2. The molecule has 2 rings (SSSR count). The molecule has 0 aliphatic rings. The van der Waals surface area contributed by atoms with Gasteiger partial charge < -0.3 is 19.6 Å². The van der Waals surface area contributed by atoms with Gasteiger partial charge in [-0.2, -0.15) is 0 Å². The number of nitrogens with zero attached hydrogens (tertiary/aromatic N) is 1. The second-order valence-corrected chi connectivity index (χ2v) is 5.76. The van der Waals surface area contributed by atoms with E-state index in [1.54, 1.807) is 12.1 Å². The van der Waals surface area contributed by atoms with E-state index in [4.69, 9.17) is 25.9 Å². The van der Waals surface area contributed by atoms with Crippen molar-refractivity contribution in [1.29, 1.82) is 0 Å². The van der Waals surface area contributed by atoms with E-state index in [-0.39, 0.29) is 12.5 Å². The first-order valence-corrected chi connectivity index (χ1v) is 8.40. The predicted octanol–water partition coefficient (Wildman–Crippen LogP) is 3.91.